The molecule has 4 aromatic carbocycles. The summed E-state index contributed by atoms with van der Waals surface area (Å²) in [6, 6.07) is 27.2. The first-order valence-corrected chi connectivity index (χ1v) is 9.77. The quantitative estimate of drug-likeness (QED) is 0.420. The van der Waals surface area contributed by atoms with Crippen molar-refractivity contribution in [2.24, 2.45) is 0 Å². The lowest BCUT2D eigenvalue weighted by atomic mass is 9.92. The monoisotopic (exact) mass is 382 g/mol. The van der Waals surface area contributed by atoms with Crippen LogP contribution in [-0.2, 0) is 6.42 Å². The number of benzene rings is 4. The third-order valence-electron chi connectivity index (χ3n) is 5.62. The molecule has 0 spiro atoms. The SMILES string of the molecule is COc1ccc(-c2cc3ccccc3c3c2CC(c2ccccc2)O3)cc1OC. The molecule has 0 aromatic heterocycles. The molecule has 1 heterocycles. The zero-order chi connectivity index (χ0) is 19.8. The minimum Gasteiger partial charge on any atom is -0.493 e. The van der Waals surface area contributed by atoms with Gasteiger partial charge in [-0.25, -0.2) is 0 Å². The van der Waals surface area contributed by atoms with E-state index in [-0.39, 0.29) is 6.10 Å². The fourth-order valence-corrected chi connectivity index (χ4v) is 4.18. The Balaban J connectivity index is 1.69. The van der Waals surface area contributed by atoms with E-state index in [4.69, 9.17) is 14.2 Å². The molecule has 0 bridgehead atoms. The highest BCUT2D eigenvalue weighted by Crippen LogP contribution is 2.47. The van der Waals surface area contributed by atoms with E-state index < -0.39 is 0 Å². The van der Waals surface area contributed by atoms with Gasteiger partial charge in [0.1, 0.15) is 11.9 Å². The molecule has 29 heavy (non-hydrogen) atoms. The number of ether oxygens (including phenoxy) is 3. The van der Waals surface area contributed by atoms with E-state index in [0.717, 1.165) is 34.6 Å². The lowest BCUT2D eigenvalue weighted by molar-refractivity contribution is 0.241. The summed E-state index contributed by atoms with van der Waals surface area (Å²) in [6.45, 7) is 0. The van der Waals surface area contributed by atoms with E-state index in [1.807, 2.05) is 18.2 Å². The van der Waals surface area contributed by atoms with Gasteiger partial charge in [-0.05, 0) is 40.3 Å². The summed E-state index contributed by atoms with van der Waals surface area (Å²) in [6.07, 6.45) is 0.865. The summed E-state index contributed by atoms with van der Waals surface area (Å²) in [4.78, 5) is 0. The summed E-state index contributed by atoms with van der Waals surface area (Å²) in [5.74, 6) is 2.44. The van der Waals surface area contributed by atoms with Crippen molar-refractivity contribution in [3.05, 3.63) is 90.0 Å². The molecule has 0 N–H and O–H groups in total. The van der Waals surface area contributed by atoms with Crippen molar-refractivity contribution >= 4 is 10.8 Å². The maximum Gasteiger partial charge on any atom is 0.161 e. The van der Waals surface area contributed by atoms with Crippen LogP contribution in [0.15, 0.2) is 78.9 Å². The molecule has 144 valence electrons. The summed E-state index contributed by atoms with van der Waals surface area (Å²) < 4.78 is 17.5. The molecule has 5 rings (SSSR count). The normalized spacial score (nSPS) is 15.0. The van der Waals surface area contributed by atoms with Crippen LogP contribution in [0.3, 0.4) is 0 Å². The summed E-state index contributed by atoms with van der Waals surface area (Å²) in [5, 5.41) is 2.33. The fraction of sp³-hybridized carbons (Fsp3) is 0.154. The van der Waals surface area contributed by atoms with Gasteiger partial charge in [0.15, 0.2) is 11.5 Å². The first-order chi connectivity index (χ1) is 14.3. The fourth-order valence-electron chi connectivity index (χ4n) is 4.18. The van der Waals surface area contributed by atoms with Crippen LogP contribution >= 0.6 is 0 Å². The second-order valence-electron chi connectivity index (χ2n) is 7.24. The van der Waals surface area contributed by atoms with E-state index in [2.05, 4.69) is 60.7 Å². The van der Waals surface area contributed by atoms with Gasteiger partial charge in [-0.1, -0.05) is 60.7 Å². The van der Waals surface area contributed by atoms with Gasteiger partial charge >= 0.3 is 0 Å². The Hall–Kier alpha value is -3.46. The number of hydrogen-bond acceptors (Lipinski definition) is 3. The van der Waals surface area contributed by atoms with E-state index in [1.54, 1.807) is 14.2 Å². The van der Waals surface area contributed by atoms with E-state index in [0.29, 0.717) is 0 Å². The Labute approximate surface area is 170 Å². The van der Waals surface area contributed by atoms with Crippen molar-refractivity contribution < 1.29 is 14.2 Å². The molecule has 1 aliphatic rings. The molecule has 0 saturated carbocycles. The molecule has 3 nitrogen and oxygen atoms in total. The highest BCUT2D eigenvalue weighted by atomic mass is 16.5. The van der Waals surface area contributed by atoms with Gasteiger partial charge in [-0.2, -0.15) is 0 Å². The number of rotatable bonds is 4. The Bertz CT molecular complexity index is 1180. The standard InChI is InChI=1S/C26H22O3/c1-27-23-13-12-19(15-25(23)28-2)21-14-18-10-6-7-11-20(18)26-22(21)16-24(29-26)17-8-4-3-5-9-17/h3-15,24H,16H2,1-2H3. The highest BCUT2D eigenvalue weighted by Gasteiger charge is 2.29. The second-order valence-corrected chi connectivity index (χ2v) is 7.24. The molecule has 1 unspecified atom stereocenters. The molecule has 0 amide bonds. The Morgan fingerprint density at radius 1 is 0.793 bits per heavy atom. The molecule has 1 atom stereocenters. The van der Waals surface area contributed by atoms with Crippen molar-refractivity contribution in [1.29, 1.82) is 0 Å². The predicted octanol–water partition coefficient (Wildman–Crippen LogP) is 6.20. The highest BCUT2D eigenvalue weighted by molar-refractivity contribution is 5.95. The third kappa shape index (κ3) is 2.99. The lowest BCUT2D eigenvalue weighted by Gasteiger charge is -2.14. The minimum absolute atomic E-state index is 0.0240. The van der Waals surface area contributed by atoms with Gasteiger partial charge in [0.2, 0.25) is 0 Å². The van der Waals surface area contributed by atoms with E-state index in [1.165, 1.54) is 22.1 Å². The molecular weight excluding hydrogens is 360 g/mol. The first-order valence-electron chi connectivity index (χ1n) is 9.77. The van der Waals surface area contributed by atoms with Gasteiger partial charge in [-0.15, -0.1) is 0 Å². The molecular formula is C26H22O3. The van der Waals surface area contributed by atoms with Crippen LogP contribution in [0.4, 0.5) is 0 Å². The van der Waals surface area contributed by atoms with Crippen molar-refractivity contribution in [1.82, 2.24) is 0 Å². The number of fused-ring (bicyclic) bond motifs is 3. The van der Waals surface area contributed by atoms with E-state index in [9.17, 15) is 0 Å². The van der Waals surface area contributed by atoms with Crippen molar-refractivity contribution in [2.75, 3.05) is 14.2 Å². The second kappa shape index (κ2) is 7.17. The van der Waals surface area contributed by atoms with Gasteiger partial charge in [0, 0.05) is 17.4 Å². The average Bonchev–Trinajstić information content (AvgIpc) is 3.24. The summed E-state index contributed by atoms with van der Waals surface area (Å²) >= 11 is 0. The van der Waals surface area contributed by atoms with Gasteiger partial charge in [0.05, 0.1) is 14.2 Å². The maximum atomic E-state index is 6.51. The molecule has 0 radical (unpaired) electrons. The maximum absolute atomic E-state index is 6.51. The van der Waals surface area contributed by atoms with Crippen LogP contribution in [0.25, 0.3) is 21.9 Å². The van der Waals surface area contributed by atoms with Crippen LogP contribution in [0, 0.1) is 0 Å². The molecule has 4 aromatic rings. The summed E-state index contributed by atoms with van der Waals surface area (Å²) in [5.41, 5.74) is 4.72. The van der Waals surface area contributed by atoms with Gasteiger partial charge in [0.25, 0.3) is 0 Å². The molecule has 1 aliphatic heterocycles. The third-order valence-corrected chi connectivity index (χ3v) is 5.62. The van der Waals surface area contributed by atoms with Crippen LogP contribution in [-0.4, -0.2) is 14.2 Å². The Kier molecular flexibility index (Phi) is 4.36. The van der Waals surface area contributed by atoms with Gasteiger partial charge in [-0.3, -0.25) is 0 Å². The number of methoxy groups -OCH3 is 2. The Morgan fingerprint density at radius 3 is 2.34 bits per heavy atom. The van der Waals surface area contributed by atoms with Crippen molar-refractivity contribution in [3.8, 4) is 28.4 Å². The average molecular weight is 382 g/mol. The largest absolute Gasteiger partial charge is 0.493 e. The zero-order valence-electron chi connectivity index (χ0n) is 16.5. The van der Waals surface area contributed by atoms with Crippen LogP contribution in [0.1, 0.15) is 17.2 Å². The summed E-state index contributed by atoms with van der Waals surface area (Å²) in [7, 11) is 3.32. The molecule has 0 saturated heterocycles. The predicted molar refractivity (Wildman–Crippen MR) is 116 cm³/mol. The van der Waals surface area contributed by atoms with Gasteiger partial charge < -0.3 is 14.2 Å². The van der Waals surface area contributed by atoms with Crippen molar-refractivity contribution in [3.63, 3.8) is 0 Å². The minimum atomic E-state index is 0.0240. The van der Waals surface area contributed by atoms with E-state index >= 15 is 0 Å². The van der Waals surface area contributed by atoms with Crippen LogP contribution in [0.5, 0.6) is 17.2 Å². The first kappa shape index (κ1) is 17.6. The van der Waals surface area contributed by atoms with Crippen molar-refractivity contribution in [2.45, 2.75) is 12.5 Å². The molecule has 0 aliphatic carbocycles. The topological polar surface area (TPSA) is 27.7 Å². The lowest BCUT2D eigenvalue weighted by Crippen LogP contribution is -2.02. The van der Waals surface area contributed by atoms with Crippen LogP contribution in [0.2, 0.25) is 0 Å². The zero-order valence-corrected chi connectivity index (χ0v) is 16.5. The molecule has 0 fully saturated rings. The van der Waals surface area contributed by atoms with Crippen LogP contribution < -0.4 is 14.2 Å². The Morgan fingerprint density at radius 2 is 1.55 bits per heavy atom. The molecule has 3 heteroatoms. The number of hydrogen-bond donors (Lipinski definition) is 0. The smallest absolute Gasteiger partial charge is 0.161 e.